The summed E-state index contributed by atoms with van der Waals surface area (Å²) >= 11 is 7.01. The number of rotatable bonds is 6. The monoisotopic (exact) mass is 624 g/mol. The molecule has 35 heavy (non-hydrogen) atoms. The van der Waals surface area contributed by atoms with Gasteiger partial charge in [0, 0.05) is 25.6 Å². The van der Waals surface area contributed by atoms with E-state index < -0.39 is 10.4 Å². The second kappa shape index (κ2) is 13.3. The minimum atomic E-state index is -4.67. The van der Waals surface area contributed by atoms with Crippen molar-refractivity contribution in [3.8, 4) is 0 Å². The van der Waals surface area contributed by atoms with Crippen LogP contribution in [0.1, 0.15) is 35.3 Å². The molecule has 3 aromatic rings. The molecular formula is C23H22Br2N4O5S. The molecule has 184 valence electrons. The smallest absolute Gasteiger partial charge is 0.278 e. The van der Waals surface area contributed by atoms with Gasteiger partial charge in [-0.25, -0.2) is 5.43 Å². The number of hydrogen-bond donors (Lipinski definition) is 4. The van der Waals surface area contributed by atoms with Gasteiger partial charge in [-0.05, 0) is 50.2 Å². The second-order valence-electron chi connectivity index (χ2n) is 6.93. The van der Waals surface area contributed by atoms with Crippen LogP contribution in [0.5, 0.6) is 0 Å². The minimum absolute atomic E-state index is 0.277. The van der Waals surface area contributed by atoms with Crippen LogP contribution in [0.2, 0.25) is 0 Å². The van der Waals surface area contributed by atoms with Crippen molar-refractivity contribution in [1.29, 1.82) is 0 Å². The third kappa shape index (κ3) is 10.1. The molecule has 0 aromatic heterocycles. The van der Waals surface area contributed by atoms with E-state index >= 15 is 0 Å². The first kappa shape index (κ1) is 28.3. The number of halogens is 2. The lowest BCUT2D eigenvalue weighted by molar-refractivity contribution is 0.0955. The number of nitrogens with one attached hydrogen (secondary N) is 2. The highest BCUT2D eigenvalue weighted by Crippen LogP contribution is 2.18. The predicted molar refractivity (Wildman–Crippen MR) is 144 cm³/mol. The van der Waals surface area contributed by atoms with Crippen LogP contribution in [0.15, 0.2) is 91.9 Å². The summed E-state index contributed by atoms with van der Waals surface area (Å²) in [7, 11) is -4.67. The summed E-state index contributed by atoms with van der Waals surface area (Å²) in [6.45, 7) is 3.78. The van der Waals surface area contributed by atoms with E-state index in [9.17, 15) is 4.79 Å². The van der Waals surface area contributed by atoms with E-state index in [1.165, 1.54) is 0 Å². The lowest BCUT2D eigenvalue weighted by Gasteiger charge is -2.07. The van der Waals surface area contributed by atoms with Crippen LogP contribution in [0.3, 0.4) is 0 Å². The molecule has 0 saturated carbocycles. The normalized spacial score (nSPS) is 11.8. The highest BCUT2D eigenvalue weighted by Gasteiger charge is 2.07. The Bertz CT molecular complexity index is 1340. The Hall–Kier alpha value is -2.90. The molecule has 0 fully saturated rings. The van der Waals surface area contributed by atoms with Gasteiger partial charge in [-0.3, -0.25) is 19.3 Å². The van der Waals surface area contributed by atoms with E-state index in [0.717, 1.165) is 31.5 Å². The zero-order valence-electron chi connectivity index (χ0n) is 18.6. The highest BCUT2D eigenvalue weighted by molar-refractivity contribution is 9.10. The summed E-state index contributed by atoms with van der Waals surface area (Å²) in [6, 6.07) is 22.7. The maximum atomic E-state index is 12.4. The molecule has 0 aliphatic carbocycles. The molecule has 0 aliphatic rings. The first-order valence-corrected chi connectivity index (χ1v) is 12.9. The van der Waals surface area contributed by atoms with Crippen molar-refractivity contribution >= 4 is 65.3 Å². The first-order valence-electron chi connectivity index (χ1n) is 9.90. The number of carbonyl (C=O) groups is 1. The third-order valence-electron chi connectivity index (χ3n) is 4.35. The summed E-state index contributed by atoms with van der Waals surface area (Å²) in [6.07, 6.45) is 0. The molecule has 0 bridgehead atoms. The fourth-order valence-corrected chi connectivity index (χ4v) is 3.82. The van der Waals surface area contributed by atoms with Crippen LogP contribution in [-0.4, -0.2) is 34.9 Å². The molecule has 12 heteroatoms. The Labute approximate surface area is 220 Å². The fourth-order valence-electron chi connectivity index (χ4n) is 2.67. The lowest BCUT2D eigenvalue weighted by Crippen LogP contribution is -2.19. The van der Waals surface area contributed by atoms with Crippen molar-refractivity contribution in [1.82, 2.24) is 5.43 Å². The molecule has 3 aromatic carbocycles. The summed E-state index contributed by atoms with van der Waals surface area (Å²) in [5.74, 6) is -0.277. The standard InChI is InChI=1S/C23H20Br2N4O.H2O4S/c1-15(19-7-3-5-9-21(19)24)26-28-18-13-11-17(12-14-18)23(30)29-27-16(2)20-8-4-6-10-22(20)25;1-5(2,3)4/h3-14,28H,1-2H3,(H,29,30);(H2,1,2,3,4)/b26-15+,27-16+;. The van der Waals surface area contributed by atoms with Crippen LogP contribution >= 0.6 is 31.9 Å². The van der Waals surface area contributed by atoms with E-state index in [-0.39, 0.29) is 5.91 Å². The molecule has 0 atom stereocenters. The van der Waals surface area contributed by atoms with E-state index in [4.69, 9.17) is 17.5 Å². The molecular weight excluding hydrogens is 604 g/mol. The number of benzene rings is 3. The molecule has 0 unspecified atom stereocenters. The first-order chi connectivity index (χ1) is 16.5. The van der Waals surface area contributed by atoms with Crippen molar-refractivity contribution in [2.24, 2.45) is 10.2 Å². The SMILES string of the molecule is C/C(=N\NC(=O)c1ccc(N/N=C(\C)c2ccccc2Br)cc1)c1ccccc1Br.O=S(=O)(O)O. The van der Waals surface area contributed by atoms with E-state index in [1.807, 2.05) is 62.4 Å². The number of hydrogen-bond acceptors (Lipinski definition) is 6. The molecule has 0 aliphatic heterocycles. The van der Waals surface area contributed by atoms with E-state index in [2.05, 4.69) is 52.9 Å². The summed E-state index contributed by atoms with van der Waals surface area (Å²) < 4.78 is 33.5. The molecule has 4 N–H and O–H groups in total. The van der Waals surface area contributed by atoms with E-state index in [1.54, 1.807) is 24.3 Å². The number of amides is 1. The van der Waals surface area contributed by atoms with Crippen molar-refractivity contribution in [3.63, 3.8) is 0 Å². The molecule has 9 nitrogen and oxygen atoms in total. The average molecular weight is 626 g/mol. The highest BCUT2D eigenvalue weighted by atomic mass is 79.9. The maximum absolute atomic E-state index is 12.4. The van der Waals surface area contributed by atoms with Gasteiger partial charge in [-0.15, -0.1) is 0 Å². The molecule has 3 rings (SSSR count). The maximum Gasteiger partial charge on any atom is 0.394 e. The van der Waals surface area contributed by atoms with Gasteiger partial charge in [0.2, 0.25) is 0 Å². The minimum Gasteiger partial charge on any atom is -0.278 e. The summed E-state index contributed by atoms with van der Waals surface area (Å²) in [5.41, 5.74) is 10.4. The van der Waals surface area contributed by atoms with E-state index in [0.29, 0.717) is 11.3 Å². The molecule has 0 radical (unpaired) electrons. The van der Waals surface area contributed by atoms with Crippen molar-refractivity contribution in [2.45, 2.75) is 13.8 Å². The zero-order valence-corrected chi connectivity index (χ0v) is 22.6. The Kier molecular flexibility index (Phi) is 10.7. The van der Waals surface area contributed by atoms with Crippen LogP contribution in [-0.2, 0) is 10.4 Å². The van der Waals surface area contributed by atoms with Crippen molar-refractivity contribution in [3.05, 3.63) is 98.4 Å². The number of anilines is 1. The van der Waals surface area contributed by atoms with Crippen LogP contribution in [0.25, 0.3) is 0 Å². The number of nitrogens with zero attached hydrogens (tertiary/aromatic N) is 2. The predicted octanol–water partition coefficient (Wildman–Crippen LogP) is 5.55. The quantitative estimate of drug-likeness (QED) is 0.161. The fraction of sp³-hybridized carbons (Fsp3) is 0.0870. The van der Waals surface area contributed by atoms with Gasteiger partial charge in [-0.1, -0.05) is 68.3 Å². The van der Waals surface area contributed by atoms with Gasteiger partial charge in [0.15, 0.2) is 0 Å². The van der Waals surface area contributed by atoms with Gasteiger partial charge in [0.25, 0.3) is 5.91 Å². The number of carbonyl (C=O) groups excluding carboxylic acids is 1. The average Bonchev–Trinajstić information content (AvgIpc) is 2.80. The molecule has 1 amide bonds. The summed E-state index contributed by atoms with van der Waals surface area (Å²) in [5, 5.41) is 8.61. The topological polar surface area (TPSA) is 140 Å². The van der Waals surface area contributed by atoms with Crippen LogP contribution in [0, 0.1) is 0 Å². The van der Waals surface area contributed by atoms with Gasteiger partial charge in [0.05, 0.1) is 17.1 Å². The largest absolute Gasteiger partial charge is 0.394 e. The van der Waals surface area contributed by atoms with Crippen molar-refractivity contribution in [2.75, 3.05) is 5.43 Å². The third-order valence-corrected chi connectivity index (χ3v) is 5.74. The number of hydrazone groups is 2. The van der Waals surface area contributed by atoms with Gasteiger partial charge < -0.3 is 0 Å². The van der Waals surface area contributed by atoms with Crippen LogP contribution < -0.4 is 10.9 Å². The zero-order chi connectivity index (χ0) is 26.0. The Morgan fingerprint density at radius 2 is 1.20 bits per heavy atom. The Morgan fingerprint density at radius 1 is 0.771 bits per heavy atom. The van der Waals surface area contributed by atoms with Crippen molar-refractivity contribution < 1.29 is 22.3 Å². The van der Waals surface area contributed by atoms with Gasteiger partial charge in [-0.2, -0.15) is 18.6 Å². The molecule has 0 saturated heterocycles. The second-order valence-corrected chi connectivity index (χ2v) is 9.54. The Morgan fingerprint density at radius 3 is 1.66 bits per heavy atom. The Balaban J connectivity index is 0.000000784. The van der Waals surface area contributed by atoms with Gasteiger partial charge >= 0.3 is 10.4 Å². The van der Waals surface area contributed by atoms with Gasteiger partial charge in [0.1, 0.15) is 0 Å². The molecule has 0 heterocycles. The van der Waals surface area contributed by atoms with Crippen LogP contribution in [0.4, 0.5) is 5.69 Å². The lowest BCUT2D eigenvalue weighted by atomic mass is 10.1. The summed E-state index contributed by atoms with van der Waals surface area (Å²) in [4.78, 5) is 12.4. The molecule has 0 spiro atoms.